The molecule has 0 aliphatic heterocycles. The number of ether oxygens (including phenoxy) is 1. The van der Waals surface area contributed by atoms with Gasteiger partial charge in [-0.2, -0.15) is 0 Å². The molecule has 0 spiro atoms. The first-order valence-corrected chi connectivity index (χ1v) is 10.8. The zero-order chi connectivity index (χ0) is 23.9. The molecule has 0 atom stereocenters. The van der Waals surface area contributed by atoms with Gasteiger partial charge >= 0.3 is 12.3 Å². The highest BCUT2D eigenvalue weighted by Crippen LogP contribution is 2.34. The van der Waals surface area contributed by atoms with Gasteiger partial charge in [0.15, 0.2) is 5.13 Å². The molecule has 0 aliphatic carbocycles. The maximum absolute atomic E-state index is 12.5. The van der Waals surface area contributed by atoms with Gasteiger partial charge < -0.3 is 24.6 Å². The van der Waals surface area contributed by atoms with Crippen LogP contribution in [-0.2, 0) is 7.05 Å². The molecule has 2 N–H and O–H groups in total. The summed E-state index contributed by atoms with van der Waals surface area (Å²) in [4.78, 5) is 22.7. The molecule has 0 amide bonds. The lowest BCUT2D eigenvalue weighted by Crippen LogP contribution is -2.24. The maximum atomic E-state index is 12.5. The van der Waals surface area contributed by atoms with Crippen molar-refractivity contribution in [2.24, 2.45) is 7.05 Å². The molecule has 0 saturated heterocycles. The van der Waals surface area contributed by atoms with Gasteiger partial charge in [0.05, 0.1) is 32.5 Å². The van der Waals surface area contributed by atoms with Crippen LogP contribution in [0.15, 0.2) is 30.3 Å². The Kier molecular flexibility index (Phi) is 5.78. The highest BCUT2D eigenvalue weighted by atomic mass is 32.1. The standard InChI is InChI=1S/C21H20F3N5O3S/c1-4-29(5-2)15-10-16-14(9-12(15)18(30)31)25-19(28(16)3)27-20-26-13-7-6-11(8-17(13)33-20)32-21(22,23)24/h6-10H,4-5H2,1-3H3,(H,30,31)(H,25,26,27). The summed E-state index contributed by atoms with van der Waals surface area (Å²) in [6.45, 7) is 5.20. The topological polar surface area (TPSA) is 92.5 Å². The average molecular weight is 479 g/mol. The van der Waals surface area contributed by atoms with Crippen molar-refractivity contribution in [3.63, 3.8) is 0 Å². The van der Waals surface area contributed by atoms with Crippen molar-refractivity contribution in [3.8, 4) is 5.75 Å². The quantitative estimate of drug-likeness (QED) is 0.368. The lowest BCUT2D eigenvalue weighted by atomic mass is 10.1. The number of aromatic carboxylic acids is 1. The summed E-state index contributed by atoms with van der Waals surface area (Å²) in [5.41, 5.74) is 2.49. The second-order valence-corrected chi connectivity index (χ2v) is 8.18. The van der Waals surface area contributed by atoms with Gasteiger partial charge in [-0.25, -0.2) is 14.8 Å². The number of carboxylic acids is 1. The third kappa shape index (κ3) is 4.51. The van der Waals surface area contributed by atoms with Crippen LogP contribution in [0.5, 0.6) is 5.75 Å². The van der Waals surface area contributed by atoms with Crippen molar-refractivity contribution < 1.29 is 27.8 Å². The van der Waals surface area contributed by atoms with Crippen LogP contribution in [0.4, 0.5) is 29.9 Å². The molecule has 12 heteroatoms. The van der Waals surface area contributed by atoms with Crippen LogP contribution >= 0.6 is 11.3 Å². The van der Waals surface area contributed by atoms with Gasteiger partial charge in [0.1, 0.15) is 5.75 Å². The zero-order valence-corrected chi connectivity index (χ0v) is 18.7. The smallest absolute Gasteiger partial charge is 0.478 e. The molecule has 2 heterocycles. The predicted octanol–water partition coefficient (Wildman–Crippen LogP) is 5.37. The van der Waals surface area contributed by atoms with E-state index in [1.807, 2.05) is 18.7 Å². The van der Waals surface area contributed by atoms with E-state index in [4.69, 9.17) is 0 Å². The van der Waals surface area contributed by atoms with Crippen molar-refractivity contribution in [3.05, 3.63) is 35.9 Å². The van der Waals surface area contributed by atoms with E-state index in [0.717, 1.165) is 16.9 Å². The fourth-order valence-corrected chi connectivity index (χ4v) is 4.48. The van der Waals surface area contributed by atoms with Gasteiger partial charge in [0.2, 0.25) is 5.95 Å². The third-order valence-electron chi connectivity index (χ3n) is 5.15. The van der Waals surface area contributed by atoms with Gasteiger partial charge in [-0.3, -0.25) is 0 Å². The highest BCUT2D eigenvalue weighted by Gasteiger charge is 2.31. The summed E-state index contributed by atoms with van der Waals surface area (Å²) in [6, 6.07) is 7.26. The van der Waals surface area contributed by atoms with Crippen LogP contribution in [0.2, 0.25) is 0 Å². The first-order valence-electron chi connectivity index (χ1n) is 10.0. The molecule has 33 heavy (non-hydrogen) atoms. The minimum Gasteiger partial charge on any atom is -0.478 e. The number of hydrogen-bond donors (Lipinski definition) is 2. The zero-order valence-electron chi connectivity index (χ0n) is 17.9. The molecule has 2 aromatic carbocycles. The average Bonchev–Trinajstić information content (AvgIpc) is 3.27. The molecular formula is C21H20F3N5O3S. The molecule has 0 saturated carbocycles. The second kappa shape index (κ2) is 8.43. The number of fused-ring (bicyclic) bond motifs is 2. The number of alkyl halides is 3. The van der Waals surface area contributed by atoms with Gasteiger partial charge in [-0.15, -0.1) is 13.2 Å². The number of aryl methyl sites for hydroxylation is 1. The van der Waals surface area contributed by atoms with Crippen molar-refractivity contribution in [2.45, 2.75) is 20.2 Å². The third-order valence-corrected chi connectivity index (χ3v) is 6.08. The molecule has 8 nitrogen and oxygen atoms in total. The van der Waals surface area contributed by atoms with E-state index in [0.29, 0.717) is 45.6 Å². The number of hydrogen-bond acceptors (Lipinski definition) is 7. The Bertz CT molecular complexity index is 1340. The van der Waals surface area contributed by atoms with Gasteiger partial charge in [-0.1, -0.05) is 11.3 Å². The van der Waals surface area contributed by atoms with E-state index in [1.54, 1.807) is 17.7 Å². The van der Waals surface area contributed by atoms with Gasteiger partial charge in [0.25, 0.3) is 0 Å². The Morgan fingerprint density at radius 2 is 1.91 bits per heavy atom. The first-order chi connectivity index (χ1) is 15.6. The normalized spacial score (nSPS) is 11.8. The Balaban J connectivity index is 1.71. The first kappa shape index (κ1) is 22.6. The molecule has 0 bridgehead atoms. The van der Waals surface area contributed by atoms with E-state index < -0.39 is 12.3 Å². The largest absolute Gasteiger partial charge is 0.573 e. The van der Waals surface area contributed by atoms with Gasteiger partial charge in [0, 0.05) is 26.2 Å². The number of carboxylic acid groups (broad SMARTS) is 1. The summed E-state index contributed by atoms with van der Waals surface area (Å²) in [6.07, 6.45) is -4.77. The molecule has 174 valence electrons. The number of benzene rings is 2. The minimum atomic E-state index is -4.77. The van der Waals surface area contributed by atoms with Crippen LogP contribution in [0.3, 0.4) is 0 Å². The molecule has 4 aromatic rings. The fraction of sp³-hybridized carbons (Fsp3) is 0.286. The number of carbonyl (C=O) groups is 1. The van der Waals surface area contributed by atoms with E-state index >= 15 is 0 Å². The lowest BCUT2D eigenvalue weighted by Gasteiger charge is -2.23. The van der Waals surface area contributed by atoms with Crippen LogP contribution < -0.4 is 15.0 Å². The number of aromatic nitrogens is 3. The SMILES string of the molecule is CCN(CC)c1cc2c(cc1C(=O)O)nc(Nc1nc3ccc(OC(F)(F)F)cc3s1)n2C. The highest BCUT2D eigenvalue weighted by molar-refractivity contribution is 7.22. The summed E-state index contributed by atoms with van der Waals surface area (Å²) >= 11 is 1.15. The molecular weight excluding hydrogens is 459 g/mol. The van der Waals surface area contributed by atoms with Crippen molar-refractivity contribution in [1.82, 2.24) is 14.5 Å². The number of thiazole rings is 1. The molecule has 2 aromatic heterocycles. The summed E-state index contributed by atoms with van der Waals surface area (Å²) < 4.78 is 43.7. The number of nitrogens with zero attached hydrogens (tertiary/aromatic N) is 4. The van der Waals surface area contributed by atoms with Crippen LogP contribution in [-0.4, -0.2) is 45.1 Å². The predicted molar refractivity (Wildman–Crippen MR) is 121 cm³/mol. The summed E-state index contributed by atoms with van der Waals surface area (Å²) in [5, 5.41) is 13.2. The van der Waals surface area contributed by atoms with Crippen LogP contribution in [0, 0.1) is 0 Å². The Morgan fingerprint density at radius 1 is 1.18 bits per heavy atom. The fourth-order valence-electron chi connectivity index (χ4n) is 3.59. The van der Waals surface area contributed by atoms with Crippen LogP contribution in [0.1, 0.15) is 24.2 Å². The van der Waals surface area contributed by atoms with E-state index in [-0.39, 0.29) is 11.3 Å². The van der Waals surface area contributed by atoms with Gasteiger partial charge in [-0.05, 0) is 38.1 Å². The van der Waals surface area contributed by atoms with E-state index in [2.05, 4.69) is 20.0 Å². The number of nitrogens with one attached hydrogen (secondary N) is 1. The second-order valence-electron chi connectivity index (χ2n) is 7.15. The number of halogens is 3. The lowest BCUT2D eigenvalue weighted by molar-refractivity contribution is -0.274. The molecule has 0 radical (unpaired) electrons. The Morgan fingerprint density at radius 3 is 2.55 bits per heavy atom. The molecule has 4 rings (SSSR count). The maximum Gasteiger partial charge on any atom is 0.573 e. The molecule has 0 unspecified atom stereocenters. The Labute approximate surface area is 190 Å². The number of rotatable bonds is 7. The summed E-state index contributed by atoms with van der Waals surface area (Å²) in [5.74, 6) is -0.941. The van der Waals surface area contributed by atoms with E-state index in [1.165, 1.54) is 24.3 Å². The number of anilines is 3. The number of imidazole rings is 1. The van der Waals surface area contributed by atoms with Crippen molar-refractivity contribution in [1.29, 1.82) is 0 Å². The van der Waals surface area contributed by atoms with Crippen molar-refractivity contribution in [2.75, 3.05) is 23.3 Å². The molecule has 0 aliphatic rings. The monoisotopic (exact) mass is 479 g/mol. The minimum absolute atomic E-state index is 0.160. The molecule has 0 fully saturated rings. The Hall–Kier alpha value is -3.54. The van der Waals surface area contributed by atoms with Crippen LogP contribution in [0.25, 0.3) is 21.3 Å². The summed E-state index contributed by atoms with van der Waals surface area (Å²) in [7, 11) is 1.78. The van der Waals surface area contributed by atoms with E-state index in [9.17, 15) is 23.1 Å². The van der Waals surface area contributed by atoms with Crippen molar-refractivity contribution >= 4 is 55.3 Å².